The Balaban J connectivity index is 3.76. The van der Waals surface area contributed by atoms with Crippen molar-refractivity contribution in [2.75, 3.05) is 0 Å². The molecule has 3 nitrogen and oxygen atoms in total. The summed E-state index contributed by atoms with van der Waals surface area (Å²) >= 11 is 0. The highest BCUT2D eigenvalue weighted by atomic mass is 16.4. The number of hydrogen-bond acceptors (Lipinski definition) is 2. The van der Waals surface area contributed by atoms with Crippen LogP contribution in [0.3, 0.4) is 0 Å². The summed E-state index contributed by atoms with van der Waals surface area (Å²) in [4.78, 5) is 21.1. The molecule has 0 rings (SSSR count). The summed E-state index contributed by atoms with van der Waals surface area (Å²) in [7, 11) is 0. The topological polar surface area (TPSA) is 54.4 Å². The zero-order valence-electron chi connectivity index (χ0n) is 13.6. The SMILES string of the molecule is CCCCCCCCCCC(=C=O)C=CC=CC=CC(=O)O. The molecule has 0 aromatic rings. The summed E-state index contributed by atoms with van der Waals surface area (Å²) in [6.45, 7) is 2.22. The fourth-order valence-corrected chi connectivity index (χ4v) is 2.06. The van der Waals surface area contributed by atoms with Crippen LogP contribution in [0.4, 0.5) is 0 Å². The van der Waals surface area contributed by atoms with Crippen molar-refractivity contribution in [3.63, 3.8) is 0 Å². The summed E-state index contributed by atoms with van der Waals surface area (Å²) < 4.78 is 0. The van der Waals surface area contributed by atoms with E-state index in [2.05, 4.69) is 6.92 Å². The van der Waals surface area contributed by atoms with Gasteiger partial charge in [0, 0.05) is 11.6 Å². The monoisotopic (exact) mass is 304 g/mol. The van der Waals surface area contributed by atoms with Gasteiger partial charge in [0.15, 0.2) is 0 Å². The molecule has 0 heterocycles. The van der Waals surface area contributed by atoms with Crippen LogP contribution in [0.5, 0.6) is 0 Å². The first-order chi connectivity index (χ1) is 10.7. The molecule has 22 heavy (non-hydrogen) atoms. The normalized spacial score (nSPS) is 11.5. The molecule has 0 atom stereocenters. The third kappa shape index (κ3) is 14.5. The van der Waals surface area contributed by atoms with Crippen LogP contribution in [-0.2, 0) is 9.59 Å². The second-order valence-corrected chi connectivity index (χ2v) is 5.29. The lowest BCUT2D eigenvalue weighted by Gasteiger charge is -2.01. The molecule has 3 heteroatoms. The van der Waals surface area contributed by atoms with Gasteiger partial charge in [-0.1, -0.05) is 76.2 Å². The molecule has 122 valence electrons. The quantitative estimate of drug-likeness (QED) is 0.225. The fraction of sp³-hybridized carbons (Fsp3) is 0.526. The molecule has 0 fully saturated rings. The van der Waals surface area contributed by atoms with E-state index in [1.807, 2.05) is 5.94 Å². The van der Waals surface area contributed by atoms with Crippen LogP contribution in [0.2, 0.25) is 0 Å². The zero-order valence-corrected chi connectivity index (χ0v) is 13.6. The Labute approximate surface area is 134 Å². The number of carbonyl (C=O) groups is 1. The standard InChI is InChI=1S/C19H28O3/c1-2-3-4-5-6-7-8-11-14-18(17-20)15-12-9-10-13-16-19(21)22/h9-10,12-13,15-16H,2-8,11,14H2,1H3,(H,21,22). The van der Waals surface area contributed by atoms with Crippen molar-refractivity contribution in [3.8, 4) is 0 Å². The number of carboxylic acid groups (broad SMARTS) is 1. The molecular weight excluding hydrogens is 276 g/mol. The summed E-state index contributed by atoms with van der Waals surface area (Å²) in [5.74, 6) is 0.989. The minimum Gasteiger partial charge on any atom is -0.478 e. The van der Waals surface area contributed by atoms with Crippen LogP contribution < -0.4 is 0 Å². The van der Waals surface area contributed by atoms with E-state index in [9.17, 15) is 9.59 Å². The van der Waals surface area contributed by atoms with E-state index < -0.39 is 5.97 Å². The predicted molar refractivity (Wildman–Crippen MR) is 91.5 cm³/mol. The maximum atomic E-state index is 10.8. The Morgan fingerprint density at radius 1 is 0.864 bits per heavy atom. The van der Waals surface area contributed by atoms with Gasteiger partial charge in [0.25, 0.3) is 0 Å². The Kier molecular flexibility index (Phi) is 14.2. The predicted octanol–water partition coefficient (Wildman–Crippen LogP) is 5.03. The minimum atomic E-state index is -0.975. The van der Waals surface area contributed by atoms with Crippen molar-refractivity contribution in [3.05, 3.63) is 42.0 Å². The lowest BCUT2D eigenvalue weighted by atomic mass is 10.0. The van der Waals surface area contributed by atoms with Gasteiger partial charge in [0.05, 0.1) is 0 Å². The van der Waals surface area contributed by atoms with Crippen LogP contribution in [0, 0.1) is 0 Å². The molecule has 0 radical (unpaired) electrons. The number of rotatable bonds is 13. The molecule has 0 saturated carbocycles. The first-order valence-corrected chi connectivity index (χ1v) is 8.19. The number of allylic oxidation sites excluding steroid dienone is 6. The maximum Gasteiger partial charge on any atom is 0.328 e. The third-order valence-corrected chi connectivity index (χ3v) is 3.30. The van der Waals surface area contributed by atoms with Crippen molar-refractivity contribution in [2.24, 2.45) is 0 Å². The highest BCUT2D eigenvalue weighted by Gasteiger charge is 1.95. The average molecular weight is 304 g/mol. The van der Waals surface area contributed by atoms with Crippen LogP contribution in [0.15, 0.2) is 42.0 Å². The van der Waals surface area contributed by atoms with Gasteiger partial charge in [-0.3, -0.25) is 0 Å². The first-order valence-electron chi connectivity index (χ1n) is 8.19. The van der Waals surface area contributed by atoms with Gasteiger partial charge in [-0.05, 0) is 18.9 Å². The Bertz CT molecular complexity index is 424. The van der Waals surface area contributed by atoms with E-state index in [0.29, 0.717) is 5.57 Å². The first kappa shape index (κ1) is 20.1. The van der Waals surface area contributed by atoms with E-state index in [-0.39, 0.29) is 0 Å². The third-order valence-electron chi connectivity index (χ3n) is 3.30. The lowest BCUT2D eigenvalue weighted by molar-refractivity contribution is -0.131. The van der Waals surface area contributed by atoms with Crippen LogP contribution in [0.25, 0.3) is 0 Å². The number of carboxylic acids is 1. The minimum absolute atomic E-state index is 0.665. The highest BCUT2D eigenvalue weighted by molar-refractivity contribution is 5.80. The lowest BCUT2D eigenvalue weighted by Crippen LogP contribution is -1.84. The fourth-order valence-electron chi connectivity index (χ4n) is 2.06. The van der Waals surface area contributed by atoms with Gasteiger partial charge in [0.1, 0.15) is 5.94 Å². The van der Waals surface area contributed by atoms with Gasteiger partial charge in [0.2, 0.25) is 0 Å². The number of aliphatic carboxylic acids is 1. The molecule has 0 amide bonds. The number of carbonyl (C=O) groups excluding carboxylic acids is 1. The summed E-state index contributed by atoms with van der Waals surface area (Å²) in [6, 6.07) is 0. The van der Waals surface area contributed by atoms with Gasteiger partial charge < -0.3 is 5.11 Å². The van der Waals surface area contributed by atoms with Crippen molar-refractivity contribution < 1.29 is 14.7 Å². The average Bonchev–Trinajstić information content (AvgIpc) is 2.50. The molecule has 1 N–H and O–H groups in total. The van der Waals surface area contributed by atoms with E-state index in [4.69, 9.17) is 5.11 Å². The van der Waals surface area contributed by atoms with Crippen molar-refractivity contribution >= 4 is 11.9 Å². The van der Waals surface area contributed by atoms with Gasteiger partial charge in [-0.25, -0.2) is 9.59 Å². The second kappa shape index (κ2) is 15.5. The molecule has 0 unspecified atom stereocenters. The Morgan fingerprint density at radius 3 is 1.95 bits per heavy atom. The molecule has 0 bridgehead atoms. The number of hydrogen-bond donors (Lipinski definition) is 1. The van der Waals surface area contributed by atoms with Crippen LogP contribution in [-0.4, -0.2) is 17.0 Å². The van der Waals surface area contributed by atoms with E-state index in [0.717, 1.165) is 25.3 Å². The van der Waals surface area contributed by atoms with E-state index >= 15 is 0 Å². The zero-order chi connectivity index (χ0) is 16.5. The molecule has 0 aliphatic carbocycles. The summed E-state index contributed by atoms with van der Waals surface area (Å²) in [6.07, 6.45) is 20.0. The summed E-state index contributed by atoms with van der Waals surface area (Å²) in [5, 5.41) is 8.40. The highest BCUT2D eigenvalue weighted by Crippen LogP contribution is 2.12. The smallest absolute Gasteiger partial charge is 0.328 e. The Hall–Kier alpha value is -1.86. The molecule has 0 aromatic carbocycles. The van der Waals surface area contributed by atoms with Crippen LogP contribution in [0.1, 0.15) is 64.7 Å². The summed E-state index contributed by atoms with van der Waals surface area (Å²) in [5.41, 5.74) is 0.665. The van der Waals surface area contributed by atoms with Crippen LogP contribution >= 0.6 is 0 Å². The number of unbranched alkanes of at least 4 members (excludes halogenated alkanes) is 7. The molecular formula is C19H28O3. The molecule has 0 spiro atoms. The molecule has 0 saturated heterocycles. The molecule has 0 aliphatic heterocycles. The molecule has 0 aromatic heterocycles. The largest absolute Gasteiger partial charge is 0.478 e. The van der Waals surface area contributed by atoms with Crippen molar-refractivity contribution in [2.45, 2.75) is 64.7 Å². The van der Waals surface area contributed by atoms with Crippen molar-refractivity contribution in [1.29, 1.82) is 0 Å². The van der Waals surface area contributed by atoms with Crippen molar-refractivity contribution in [1.82, 2.24) is 0 Å². The molecule has 0 aliphatic rings. The van der Waals surface area contributed by atoms with Gasteiger partial charge in [-0.2, -0.15) is 0 Å². The maximum absolute atomic E-state index is 10.8. The van der Waals surface area contributed by atoms with Gasteiger partial charge >= 0.3 is 5.97 Å². The van der Waals surface area contributed by atoms with E-state index in [1.54, 1.807) is 24.3 Å². The Morgan fingerprint density at radius 2 is 1.41 bits per heavy atom. The van der Waals surface area contributed by atoms with E-state index in [1.165, 1.54) is 44.6 Å². The second-order valence-electron chi connectivity index (χ2n) is 5.29. The van der Waals surface area contributed by atoms with Gasteiger partial charge in [-0.15, -0.1) is 0 Å².